The molecule has 2 aromatic rings. The Morgan fingerprint density at radius 2 is 1.82 bits per heavy atom. The number of benzene rings is 2. The van der Waals surface area contributed by atoms with Gasteiger partial charge in [0, 0.05) is 23.6 Å². The fourth-order valence-corrected chi connectivity index (χ4v) is 5.05. The van der Waals surface area contributed by atoms with Crippen molar-refractivity contribution in [3.8, 4) is 0 Å². The maximum atomic E-state index is 12.4. The number of halogens is 1. The summed E-state index contributed by atoms with van der Waals surface area (Å²) in [5.41, 5.74) is 1.24. The van der Waals surface area contributed by atoms with Gasteiger partial charge in [-0.05, 0) is 36.6 Å². The smallest absolute Gasteiger partial charge is 0.307 e. The van der Waals surface area contributed by atoms with Gasteiger partial charge in [-0.15, -0.1) is 0 Å². The van der Waals surface area contributed by atoms with Crippen molar-refractivity contribution in [2.45, 2.75) is 43.0 Å². The molecule has 0 aliphatic carbocycles. The Morgan fingerprint density at radius 3 is 2.58 bits per heavy atom. The molecule has 0 bridgehead atoms. The minimum Gasteiger partial charge on any atom is -0.469 e. The highest BCUT2D eigenvalue weighted by Gasteiger charge is 2.29. The number of unbranched alkanes of at least 4 members (excludes halogenated alkanes) is 2. The number of esters is 1. The number of sulfonamides is 1. The fourth-order valence-electron chi connectivity index (χ4n) is 3.53. The first-order valence-corrected chi connectivity index (χ1v) is 12.4. The lowest BCUT2D eigenvalue weighted by Gasteiger charge is -2.19. The van der Waals surface area contributed by atoms with Crippen molar-refractivity contribution in [1.82, 2.24) is 10.0 Å². The first-order valence-electron chi connectivity index (χ1n) is 10.6. The van der Waals surface area contributed by atoms with Gasteiger partial charge in [-0.3, -0.25) is 19.3 Å². The molecule has 10 heteroatoms. The molecule has 0 saturated carbocycles. The average Bonchev–Trinajstić information content (AvgIpc) is 3.06. The largest absolute Gasteiger partial charge is 0.469 e. The minimum absolute atomic E-state index is 0.0130. The topological polar surface area (TPSA) is 114 Å². The Morgan fingerprint density at radius 1 is 1.09 bits per heavy atom. The van der Waals surface area contributed by atoms with Crippen LogP contribution in [0, 0.1) is 0 Å². The van der Waals surface area contributed by atoms with E-state index >= 15 is 0 Å². The highest BCUT2D eigenvalue weighted by Crippen LogP contribution is 2.26. The molecule has 0 radical (unpaired) electrons. The van der Waals surface area contributed by atoms with Crippen molar-refractivity contribution < 1.29 is 22.7 Å². The minimum atomic E-state index is -3.54. The molecule has 2 N–H and O–H groups in total. The average molecular weight is 492 g/mol. The van der Waals surface area contributed by atoms with Crippen LogP contribution >= 0.6 is 11.6 Å². The van der Waals surface area contributed by atoms with Gasteiger partial charge in [0.15, 0.2) is 0 Å². The molecule has 176 valence electrons. The van der Waals surface area contributed by atoms with Crippen LogP contribution in [0.5, 0.6) is 0 Å². The third-order valence-electron chi connectivity index (χ3n) is 5.21. The molecular weight excluding hydrogens is 466 g/mol. The van der Waals surface area contributed by atoms with Gasteiger partial charge in [0.25, 0.3) is 10.0 Å². The lowest BCUT2D eigenvalue weighted by atomic mass is 10.0. The fraction of sp³-hybridized carbons (Fsp3) is 0.348. The molecule has 0 spiro atoms. The van der Waals surface area contributed by atoms with Crippen LogP contribution in [0.3, 0.4) is 0 Å². The number of nitrogens with zero attached hydrogens (tertiary/aromatic N) is 1. The maximum absolute atomic E-state index is 12.4. The van der Waals surface area contributed by atoms with E-state index in [9.17, 15) is 18.0 Å². The molecule has 1 amide bonds. The third-order valence-corrected chi connectivity index (χ3v) is 6.95. The number of hydrogen-bond donors (Lipinski definition) is 2. The van der Waals surface area contributed by atoms with Gasteiger partial charge in [0.05, 0.1) is 24.5 Å². The van der Waals surface area contributed by atoms with E-state index in [1.807, 2.05) is 0 Å². The van der Waals surface area contributed by atoms with Crippen LogP contribution in [0.15, 0.2) is 58.4 Å². The van der Waals surface area contributed by atoms with Crippen molar-refractivity contribution in [2.75, 3.05) is 13.7 Å². The second-order valence-electron chi connectivity index (χ2n) is 7.56. The van der Waals surface area contributed by atoms with Gasteiger partial charge in [-0.1, -0.05) is 48.4 Å². The van der Waals surface area contributed by atoms with E-state index in [2.05, 4.69) is 15.0 Å². The second-order valence-corrected chi connectivity index (χ2v) is 9.62. The predicted octanol–water partition coefficient (Wildman–Crippen LogP) is 3.36. The lowest BCUT2D eigenvalue weighted by molar-refractivity contribution is -0.141. The second kappa shape index (κ2) is 11.3. The number of amidine groups is 1. The molecule has 0 aromatic heterocycles. The molecule has 1 aliphatic heterocycles. The molecule has 2 aromatic carbocycles. The number of rotatable bonds is 10. The molecule has 3 rings (SSSR count). The molecule has 1 unspecified atom stereocenters. The first-order chi connectivity index (χ1) is 15.8. The SMILES string of the molecule is COC(=O)CC(NC(=O)CCCCCN=C1NS(=O)(=O)c2ccccc21)c1ccccc1Cl. The number of methoxy groups -OCH3 is 1. The standard InChI is InChI=1S/C23H26ClN3O5S/c1-32-22(29)15-19(16-9-4-6-11-18(16)24)26-21(28)13-3-2-8-14-25-23-17-10-5-7-12-20(17)33(30,31)27-23/h4-7,9-12,19H,2-3,8,13-15H2,1H3,(H,25,27)(H,26,28). The molecule has 1 atom stereocenters. The van der Waals surface area contributed by atoms with E-state index in [0.29, 0.717) is 41.4 Å². The van der Waals surface area contributed by atoms with E-state index in [1.54, 1.807) is 48.5 Å². The van der Waals surface area contributed by atoms with Gasteiger partial charge in [0.2, 0.25) is 5.91 Å². The summed E-state index contributed by atoms with van der Waals surface area (Å²) in [5.74, 6) is -0.273. The van der Waals surface area contributed by atoms with Gasteiger partial charge in [-0.2, -0.15) is 0 Å². The summed E-state index contributed by atoms with van der Waals surface area (Å²) in [6.07, 6.45) is 2.35. The van der Waals surface area contributed by atoms with E-state index in [4.69, 9.17) is 16.3 Å². The van der Waals surface area contributed by atoms with Crippen LogP contribution in [-0.4, -0.2) is 39.8 Å². The number of ether oxygens (including phenoxy) is 1. The summed E-state index contributed by atoms with van der Waals surface area (Å²) in [7, 11) is -2.24. The Bertz CT molecular complexity index is 1150. The van der Waals surface area contributed by atoms with E-state index in [1.165, 1.54) is 7.11 Å². The van der Waals surface area contributed by atoms with Crippen molar-refractivity contribution in [1.29, 1.82) is 0 Å². The summed E-state index contributed by atoms with van der Waals surface area (Å²) in [5, 5.41) is 3.33. The molecular formula is C23H26ClN3O5S. The molecule has 0 fully saturated rings. The molecule has 0 saturated heterocycles. The highest BCUT2D eigenvalue weighted by atomic mass is 35.5. The number of fused-ring (bicyclic) bond motifs is 1. The van der Waals surface area contributed by atoms with Gasteiger partial charge in [0.1, 0.15) is 5.84 Å². The van der Waals surface area contributed by atoms with Crippen LogP contribution in [0.2, 0.25) is 5.02 Å². The molecule has 1 heterocycles. The molecule has 8 nitrogen and oxygen atoms in total. The van der Waals surface area contributed by atoms with Crippen molar-refractivity contribution in [3.63, 3.8) is 0 Å². The Kier molecular flexibility index (Phi) is 8.46. The maximum Gasteiger partial charge on any atom is 0.307 e. The summed E-state index contributed by atoms with van der Waals surface area (Å²) in [6, 6.07) is 13.2. The Labute approximate surface area is 198 Å². The van der Waals surface area contributed by atoms with Crippen LogP contribution < -0.4 is 10.0 Å². The number of amides is 1. The van der Waals surface area contributed by atoms with Crippen molar-refractivity contribution in [3.05, 3.63) is 64.7 Å². The van der Waals surface area contributed by atoms with Crippen LogP contribution in [0.4, 0.5) is 0 Å². The molecule has 1 aliphatic rings. The summed E-state index contributed by atoms with van der Waals surface area (Å²) in [6.45, 7) is 0.443. The highest BCUT2D eigenvalue weighted by molar-refractivity contribution is 7.90. The van der Waals surface area contributed by atoms with E-state index in [-0.39, 0.29) is 23.6 Å². The number of aliphatic imine (C=N–C) groups is 1. The molecule has 33 heavy (non-hydrogen) atoms. The summed E-state index contributed by atoms with van der Waals surface area (Å²) in [4.78, 5) is 28.8. The third kappa shape index (κ3) is 6.55. The number of carbonyl (C=O) groups excluding carboxylic acids is 2. The van der Waals surface area contributed by atoms with Crippen LogP contribution in [0.25, 0.3) is 0 Å². The number of nitrogens with one attached hydrogen (secondary N) is 2. The van der Waals surface area contributed by atoms with Crippen molar-refractivity contribution in [2.24, 2.45) is 4.99 Å². The zero-order valence-corrected chi connectivity index (χ0v) is 19.8. The van der Waals surface area contributed by atoms with Gasteiger partial charge in [-0.25, -0.2) is 8.42 Å². The zero-order valence-electron chi connectivity index (χ0n) is 18.2. The normalized spacial score (nSPS) is 16.0. The Balaban J connectivity index is 1.47. The van der Waals surface area contributed by atoms with Gasteiger partial charge < -0.3 is 10.1 Å². The predicted molar refractivity (Wildman–Crippen MR) is 126 cm³/mol. The van der Waals surface area contributed by atoms with Crippen LogP contribution in [-0.2, 0) is 24.3 Å². The van der Waals surface area contributed by atoms with E-state index < -0.39 is 22.0 Å². The number of hydrogen-bond acceptors (Lipinski definition) is 6. The quantitative estimate of drug-likeness (QED) is 0.390. The summed E-state index contributed by atoms with van der Waals surface area (Å²) >= 11 is 6.24. The summed E-state index contributed by atoms with van der Waals surface area (Å²) < 4.78 is 31.4. The lowest BCUT2D eigenvalue weighted by Crippen LogP contribution is -2.30. The monoisotopic (exact) mass is 491 g/mol. The first kappa shape index (κ1) is 24.7. The van der Waals surface area contributed by atoms with E-state index in [0.717, 1.165) is 6.42 Å². The zero-order chi connectivity index (χ0) is 23.8. The van der Waals surface area contributed by atoms with Crippen LogP contribution in [0.1, 0.15) is 49.3 Å². The van der Waals surface area contributed by atoms with Crippen molar-refractivity contribution >= 4 is 39.3 Å². The van der Waals surface area contributed by atoms with Gasteiger partial charge >= 0.3 is 5.97 Å². The Hall–Kier alpha value is -2.91. The number of carbonyl (C=O) groups is 2.